The van der Waals surface area contributed by atoms with Gasteiger partial charge < -0.3 is 10.0 Å². The second-order valence-electron chi connectivity index (χ2n) is 5.79. The first-order valence-corrected chi connectivity index (χ1v) is 9.05. The fourth-order valence-corrected chi connectivity index (χ4v) is 3.63. The van der Waals surface area contributed by atoms with Crippen LogP contribution in [0.5, 0.6) is 0 Å². The van der Waals surface area contributed by atoms with Crippen molar-refractivity contribution in [3.8, 4) is 0 Å². The van der Waals surface area contributed by atoms with Gasteiger partial charge in [0.1, 0.15) is 11.4 Å². The van der Waals surface area contributed by atoms with Crippen LogP contribution in [0, 0.1) is 5.82 Å². The number of hydrogen-bond acceptors (Lipinski definition) is 4. The maximum Gasteiger partial charge on any atom is 0.178 e. The number of nitrogens with zero attached hydrogens (tertiary/aromatic N) is 1. The smallest absolute Gasteiger partial charge is 0.178 e. The maximum absolute atomic E-state index is 13.0. The monoisotopic (exact) mass is 335 g/mol. The molecule has 23 heavy (non-hydrogen) atoms. The van der Waals surface area contributed by atoms with E-state index < -0.39 is 15.4 Å². The number of aliphatic hydroxyl groups is 1. The minimum atomic E-state index is -3.20. The van der Waals surface area contributed by atoms with Crippen molar-refractivity contribution >= 4 is 15.5 Å². The summed E-state index contributed by atoms with van der Waals surface area (Å²) in [5.41, 5.74) is 0.536. The van der Waals surface area contributed by atoms with Crippen LogP contribution < -0.4 is 4.90 Å². The zero-order valence-electron chi connectivity index (χ0n) is 12.7. The highest BCUT2D eigenvalue weighted by Gasteiger charge is 2.42. The Hall–Kier alpha value is -1.92. The molecule has 1 heterocycles. The van der Waals surface area contributed by atoms with Gasteiger partial charge >= 0.3 is 0 Å². The van der Waals surface area contributed by atoms with Crippen LogP contribution in [0.4, 0.5) is 10.1 Å². The third kappa shape index (κ3) is 2.96. The second kappa shape index (κ2) is 5.62. The molecule has 0 unspecified atom stereocenters. The molecule has 1 fully saturated rings. The van der Waals surface area contributed by atoms with Gasteiger partial charge in [-0.3, -0.25) is 0 Å². The highest BCUT2D eigenvalue weighted by Crippen LogP contribution is 2.35. The summed E-state index contributed by atoms with van der Waals surface area (Å²) in [6.07, 6.45) is 0. The second-order valence-corrected chi connectivity index (χ2v) is 8.07. The fraction of sp³-hybridized carbons (Fsp3) is 0.294. The topological polar surface area (TPSA) is 57.6 Å². The van der Waals surface area contributed by atoms with Crippen LogP contribution >= 0.6 is 0 Å². The van der Waals surface area contributed by atoms with Gasteiger partial charge in [-0.25, -0.2) is 12.8 Å². The standard InChI is InChI=1S/C17H18FNO3S/c1-2-23(21,22)16-9-7-15(8-10-16)19-11-17(20,12-19)13-3-5-14(18)6-4-13/h3-10,20H,2,11-12H2,1H3. The van der Waals surface area contributed by atoms with Crippen LogP contribution in [0.3, 0.4) is 0 Å². The van der Waals surface area contributed by atoms with Crippen molar-refractivity contribution in [1.29, 1.82) is 0 Å². The molecule has 1 saturated heterocycles. The minimum absolute atomic E-state index is 0.0698. The Morgan fingerprint density at radius 2 is 1.65 bits per heavy atom. The maximum atomic E-state index is 13.0. The van der Waals surface area contributed by atoms with E-state index in [0.29, 0.717) is 23.5 Å². The SMILES string of the molecule is CCS(=O)(=O)c1ccc(N2CC(O)(c3ccc(F)cc3)C2)cc1. The van der Waals surface area contributed by atoms with Crippen molar-refractivity contribution in [2.45, 2.75) is 17.4 Å². The number of hydrogen-bond donors (Lipinski definition) is 1. The highest BCUT2D eigenvalue weighted by molar-refractivity contribution is 7.91. The molecule has 1 aliphatic heterocycles. The van der Waals surface area contributed by atoms with E-state index in [0.717, 1.165) is 5.69 Å². The Morgan fingerprint density at radius 3 is 2.17 bits per heavy atom. The van der Waals surface area contributed by atoms with Gasteiger partial charge in [0.15, 0.2) is 9.84 Å². The van der Waals surface area contributed by atoms with E-state index >= 15 is 0 Å². The predicted molar refractivity (Wildman–Crippen MR) is 86.7 cm³/mol. The van der Waals surface area contributed by atoms with Crippen molar-refractivity contribution in [1.82, 2.24) is 0 Å². The van der Waals surface area contributed by atoms with Gasteiger partial charge in [0, 0.05) is 5.69 Å². The first kappa shape index (κ1) is 16.0. The lowest BCUT2D eigenvalue weighted by molar-refractivity contribution is 0.00749. The molecule has 3 rings (SSSR count). The van der Waals surface area contributed by atoms with Gasteiger partial charge in [-0.15, -0.1) is 0 Å². The number of anilines is 1. The third-order valence-electron chi connectivity index (χ3n) is 4.23. The van der Waals surface area contributed by atoms with Crippen molar-refractivity contribution in [2.75, 3.05) is 23.7 Å². The van der Waals surface area contributed by atoms with E-state index in [-0.39, 0.29) is 11.6 Å². The van der Waals surface area contributed by atoms with E-state index in [1.807, 2.05) is 4.90 Å². The Kier molecular flexibility index (Phi) is 3.90. The van der Waals surface area contributed by atoms with Crippen LogP contribution in [0.2, 0.25) is 0 Å². The lowest BCUT2D eigenvalue weighted by atomic mass is 9.85. The van der Waals surface area contributed by atoms with Crippen molar-refractivity contribution in [3.05, 3.63) is 59.9 Å². The Labute approximate surface area is 135 Å². The molecular weight excluding hydrogens is 317 g/mol. The van der Waals surface area contributed by atoms with Gasteiger partial charge in [-0.1, -0.05) is 19.1 Å². The minimum Gasteiger partial charge on any atom is -0.381 e. The number of β-amino-alcohol motifs (C(OH)–C–C–N with tert-alkyl or cyclic N) is 1. The molecule has 0 radical (unpaired) electrons. The molecule has 1 N–H and O–H groups in total. The molecule has 6 heteroatoms. The van der Waals surface area contributed by atoms with Crippen LogP contribution in [0.1, 0.15) is 12.5 Å². The molecule has 0 saturated carbocycles. The summed E-state index contributed by atoms with van der Waals surface area (Å²) in [7, 11) is -3.20. The zero-order valence-corrected chi connectivity index (χ0v) is 13.6. The Bertz CT molecular complexity index is 795. The summed E-state index contributed by atoms with van der Waals surface area (Å²) >= 11 is 0. The molecule has 0 bridgehead atoms. The molecule has 2 aromatic carbocycles. The van der Waals surface area contributed by atoms with Crippen LogP contribution in [0.15, 0.2) is 53.4 Å². The first-order valence-electron chi connectivity index (χ1n) is 7.40. The van der Waals surface area contributed by atoms with Crippen molar-refractivity contribution < 1.29 is 17.9 Å². The van der Waals surface area contributed by atoms with Crippen LogP contribution in [0.25, 0.3) is 0 Å². The molecule has 2 aromatic rings. The van der Waals surface area contributed by atoms with Gasteiger partial charge in [0.25, 0.3) is 0 Å². The van der Waals surface area contributed by atoms with E-state index in [9.17, 15) is 17.9 Å². The average molecular weight is 335 g/mol. The van der Waals surface area contributed by atoms with E-state index in [1.165, 1.54) is 12.1 Å². The van der Waals surface area contributed by atoms with Crippen molar-refractivity contribution in [2.24, 2.45) is 0 Å². The summed E-state index contributed by atoms with van der Waals surface area (Å²) in [6, 6.07) is 12.5. The summed E-state index contributed by atoms with van der Waals surface area (Å²) < 4.78 is 36.6. The van der Waals surface area contributed by atoms with Crippen LogP contribution in [-0.2, 0) is 15.4 Å². The quantitative estimate of drug-likeness (QED) is 0.932. The summed E-state index contributed by atoms with van der Waals surface area (Å²) in [6.45, 7) is 2.39. The molecule has 0 atom stereocenters. The number of rotatable bonds is 4. The molecule has 0 spiro atoms. The van der Waals surface area contributed by atoms with Gasteiger partial charge in [0.2, 0.25) is 0 Å². The zero-order chi connectivity index (χ0) is 16.7. The highest BCUT2D eigenvalue weighted by atomic mass is 32.2. The molecule has 0 amide bonds. The number of sulfone groups is 1. The Morgan fingerprint density at radius 1 is 1.09 bits per heavy atom. The van der Waals surface area contributed by atoms with Crippen LogP contribution in [-0.4, -0.2) is 32.4 Å². The molecule has 4 nitrogen and oxygen atoms in total. The fourth-order valence-electron chi connectivity index (χ4n) is 2.74. The predicted octanol–water partition coefficient (Wildman–Crippen LogP) is 2.33. The van der Waals surface area contributed by atoms with Gasteiger partial charge in [0.05, 0.1) is 23.7 Å². The summed E-state index contributed by atoms with van der Waals surface area (Å²) in [5.74, 6) is -0.262. The summed E-state index contributed by atoms with van der Waals surface area (Å²) in [4.78, 5) is 2.25. The van der Waals surface area contributed by atoms with E-state index in [4.69, 9.17) is 0 Å². The Balaban J connectivity index is 1.73. The number of benzene rings is 2. The lowest BCUT2D eigenvalue weighted by Crippen LogP contribution is -2.59. The summed E-state index contributed by atoms with van der Waals surface area (Å²) in [5, 5.41) is 10.6. The lowest BCUT2D eigenvalue weighted by Gasteiger charge is -2.48. The molecular formula is C17H18FNO3S. The third-order valence-corrected chi connectivity index (χ3v) is 5.98. The molecule has 122 valence electrons. The average Bonchev–Trinajstić information content (AvgIpc) is 2.52. The normalized spacial score (nSPS) is 16.9. The molecule has 0 aromatic heterocycles. The largest absolute Gasteiger partial charge is 0.381 e. The number of halogens is 1. The molecule has 0 aliphatic carbocycles. The van der Waals surface area contributed by atoms with E-state index in [2.05, 4.69) is 0 Å². The molecule has 1 aliphatic rings. The van der Waals surface area contributed by atoms with Crippen molar-refractivity contribution in [3.63, 3.8) is 0 Å². The van der Waals surface area contributed by atoms with E-state index in [1.54, 1.807) is 43.3 Å². The first-order chi connectivity index (χ1) is 10.8. The van der Waals surface area contributed by atoms with Gasteiger partial charge in [-0.05, 0) is 42.0 Å². The van der Waals surface area contributed by atoms with Gasteiger partial charge in [-0.2, -0.15) is 0 Å².